The van der Waals surface area contributed by atoms with Crippen LogP contribution in [-0.4, -0.2) is 49.2 Å². The van der Waals surface area contributed by atoms with Gasteiger partial charge in [-0.3, -0.25) is 9.59 Å². The topological polar surface area (TPSA) is 76.1 Å². The lowest BCUT2D eigenvalue weighted by Gasteiger charge is -2.32. The monoisotopic (exact) mass is 333 g/mol. The fraction of sp³-hybridized carbons (Fsp3) is 0.556. The van der Waals surface area contributed by atoms with Crippen LogP contribution in [0.5, 0.6) is 11.5 Å². The molecule has 1 aliphatic heterocycles. The molecule has 3 rings (SSSR count). The molecule has 1 aromatic carbocycles. The van der Waals surface area contributed by atoms with E-state index in [-0.39, 0.29) is 17.2 Å². The Morgan fingerprint density at radius 2 is 1.88 bits per heavy atom. The zero-order valence-electron chi connectivity index (χ0n) is 14.1. The van der Waals surface area contributed by atoms with E-state index in [2.05, 4.69) is 0 Å². The minimum Gasteiger partial charge on any atom is -0.493 e. The smallest absolute Gasteiger partial charge is 0.307 e. The van der Waals surface area contributed by atoms with E-state index in [1.807, 2.05) is 17.0 Å². The van der Waals surface area contributed by atoms with Gasteiger partial charge in [-0.1, -0.05) is 6.07 Å². The molecule has 2 fully saturated rings. The number of rotatable bonds is 5. The molecule has 0 bridgehead atoms. The lowest BCUT2D eigenvalue weighted by molar-refractivity contribution is -0.139. The molecular formula is C18H23NO5. The summed E-state index contributed by atoms with van der Waals surface area (Å²) in [6, 6.07) is 5.49. The molecule has 1 aliphatic carbocycles. The zero-order valence-corrected chi connectivity index (χ0v) is 14.1. The second kappa shape index (κ2) is 6.34. The summed E-state index contributed by atoms with van der Waals surface area (Å²) < 4.78 is 10.5. The van der Waals surface area contributed by atoms with Gasteiger partial charge in [0.1, 0.15) is 0 Å². The van der Waals surface area contributed by atoms with Crippen LogP contribution in [0.1, 0.15) is 24.8 Å². The molecule has 6 nitrogen and oxygen atoms in total. The van der Waals surface area contributed by atoms with E-state index < -0.39 is 5.97 Å². The highest BCUT2D eigenvalue weighted by atomic mass is 16.5. The number of piperidine rings is 1. The van der Waals surface area contributed by atoms with E-state index in [0.717, 1.165) is 24.8 Å². The molecule has 0 radical (unpaired) electrons. The number of nitrogens with zero attached hydrogens (tertiary/aromatic N) is 1. The fourth-order valence-corrected chi connectivity index (χ4v) is 3.73. The molecular weight excluding hydrogens is 310 g/mol. The molecule has 1 saturated heterocycles. The summed E-state index contributed by atoms with van der Waals surface area (Å²) in [5.74, 6) is 0.426. The number of aliphatic carboxylic acids is 1. The molecule has 1 spiro atoms. The maximum absolute atomic E-state index is 12.5. The van der Waals surface area contributed by atoms with Crippen molar-refractivity contribution in [2.24, 2.45) is 11.3 Å². The van der Waals surface area contributed by atoms with Crippen LogP contribution in [0.25, 0.3) is 0 Å². The molecule has 1 unspecified atom stereocenters. The van der Waals surface area contributed by atoms with Crippen molar-refractivity contribution in [3.05, 3.63) is 23.8 Å². The molecule has 6 heteroatoms. The number of carbonyl (C=O) groups excluding carboxylic acids is 1. The first-order valence-corrected chi connectivity index (χ1v) is 8.20. The number of hydrogen-bond donors (Lipinski definition) is 1. The van der Waals surface area contributed by atoms with Crippen molar-refractivity contribution in [3.8, 4) is 11.5 Å². The van der Waals surface area contributed by atoms with Crippen LogP contribution in [0.4, 0.5) is 0 Å². The van der Waals surface area contributed by atoms with Gasteiger partial charge in [0.25, 0.3) is 0 Å². The summed E-state index contributed by atoms with van der Waals surface area (Å²) in [6.45, 7) is 1.30. The second-order valence-electron chi connectivity index (χ2n) is 6.70. The van der Waals surface area contributed by atoms with Crippen LogP contribution < -0.4 is 9.47 Å². The summed E-state index contributed by atoms with van der Waals surface area (Å²) in [7, 11) is 3.15. The lowest BCUT2D eigenvalue weighted by atomic mass is 9.90. The summed E-state index contributed by atoms with van der Waals surface area (Å²) >= 11 is 0. The SMILES string of the molecule is COc1ccc(CC(=O)N2CCC3(CC2)CC3C(=O)O)cc1OC. The maximum atomic E-state index is 12.5. The molecule has 1 atom stereocenters. The molecule has 2 aliphatic rings. The van der Waals surface area contributed by atoms with Crippen molar-refractivity contribution in [1.29, 1.82) is 0 Å². The number of carbonyl (C=O) groups is 2. The Morgan fingerprint density at radius 1 is 1.21 bits per heavy atom. The predicted molar refractivity (Wildman–Crippen MR) is 87.2 cm³/mol. The molecule has 1 saturated carbocycles. The highest BCUT2D eigenvalue weighted by molar-refractivity contribution is 5.79. The Bertz CT molecular complexity index is 649. The largest absolute Gasteiger partial charge is 0.493 e. The Balaban J connectivity index is 1.58. The standard InChI is InChI=1S/C18H23NO5/c1-23-14-4-3-12(9-15(14)24-2)10-16(20)19-7-5-18(6-8-19)11-13(18)17(21)22/h3-4,9,13H,5-8,10-11H2,1-2H3,(H,21,22). The van der Waals surface area contributed by atoms with Gasteiger partial charge in [0, 0.05) is 13.1 Å². The number of carboxylic acids is 1. The van der Waals surface area contributed by atoms with Gasteiger partial charge >= 0.3 is 5.97 Å². The number of hydrogen-bond acceptors (Lipinski definition) is 4. The molecule has 1 N–H and O–H groups in total. The molecule has 130 valence electrons. The lowest BCUT2D eigenvalue weighted by Crippen LogP contribution is -2.40. The third-order valence-electron chi connectivity index (χ3n) is 5.40. The Kier molecular flexibility index (Phi) is 4.39. The van der Waals surface area contributed by atoms with Crippen molar-refractivity contribution in [2.45, 2.75) is 25.7 Å². The number of carboxylic acid groups (broad SMARTS) is 1. The van der Waals surface area contributed by atoms with Crippen LogP contribution in [0.2, 0.25) is 0 Å². The molecule has 24 heavy (non-hydrogen) atoms. The fourth-order valence-electron chi connectivity index (χ4n) is 3.73. The van der Waals surface area contributed by atoms with Crippen molar-refractivity contribution >= 4 is 11.9 Å². The van der Waals surface area contributed by atoms with Gasteiger partial charge < -0.3 is 19.5 Å². The van der Waals surface area contributed by atoms with Crippen LogP contribution in [0.15, 0.2) is 18.2 Å². The molecule has 1 aromatic rings. The van der Waals surface area contributed by atoms with Crippen molar-refractivity contribution in [1.82, 2.24) is 4.90 Å². The number of ether oxygens (including phenoxy) is 2. The average molecular weight is 333 g/mol. The van der Waals surface area contributed by atoms with E-state index >= 15 is 0 Å². The minimum atomic E-state index is -0.694. The number of benzene rings is 1. The van der Waals surface area contributed by atoms with E-state index in [0.29, 0.717) is 31.0 Å². The zero-order chi connectivity index (χ0) is 17.3. The highest BCUT2D eigenvalue weighted by Gasteiger charge is 2.59. The van der Waals surface area contributed by atoms with Crippen molar-refractivity contribution in [3.63, 3.8) is 0 Å². The van der Waals surface area contributed by atoms with Crippen LogP contribution in [0.3, 0.4) is 0 Å². The van der Waals surface area contributed by atoms with Gasteiger partial charge in [-0.05, 0) is 42.4 Å². The normalized spacial score (nSPS) is 21.4. The first-order chi connectivity index (χ1) is 11.5. The second-order valence-corrected chi connectivity index (χ2v) is 6.70. The third-order valence-corrected chi connectivity index (χ3v) is 5.40. The average Bonchev–Trinajstić information content (AvgIpc) is 3.29. The van der Waals surface area contributed by atoms with Crippen molar-refractivity contribution in [2.75, 3.05) is 27.3 Å². The van der Waals surface area contributed by atoms with Gasteiger partial charge in [-0.15, -0.1) is 0 Å². The number of methoxy groups -OCH3 is 2. The van der Waals surface area contributed by atoms with Gasteiger partial charge in [-0.2, -0.15) is 0 Å². The molecule has 1 amide bonds. The summed E-state index contributed by atoms with van der Waals surface area (Å²) in [6.07, 6.45) is 2.67. The van der Waals surface area contributed by atoms with E-state index in [1.54, 1.807) is 20.3 Å². The molecule has 0 aromatic heterocycles. The maximum Gasteiger partial charge on any atom is 0.307 e. The van der Waals surface area contributed by atoms with Gasteiger partial charge in [0.05, 0.1) is 26.6 Å². The van der Waals surface area contributed by atoms with Crippen molar-refractivity contribution < 1.29 is 24.2 Å². The van der Waals surface area contributed by atoms with Crippen LogP contribution in [0, 0.1) is 11.3 Å². The van der Waals surface area contributed by atoms with Gasteiger partial charge in [0.15, 0.2) is 11.5 Å². The van der Waals surface area contributed by atoms with E-state index in [1.165, 1.54) is 0 Å². The van der Waals surface area contributed by atoms with Gasteiger partial charge in [-0.25, -0.2) is 0 Å². The Hall–Kier alpha value is -2.24. The third kappa shape index (κ3) is 3.05. The number of likely N-dealkylation sites (tertiary alicyclic amines) is 1. The minimum absolute atomic E-state index is 0.0497. The molecule has 1 heterocycles. The summed E-state index contributed by atoms with van der Waals surface area (Å²) in [4.78, 5) is 25.5. The quantitative estimate of drug-likeness (QED) is 0.891. The van der Waals surface area contributed by atoms with Gasteiger partial charge in [0.2, 0.25) is 5.91 Å². The predicted octanol–water partition coefficient (Wildman–Crippen LogP) is 1.96. The van der Waals surface area contributed by atoms with E-state index in [4.69, 9.17) is 14.6 Å². The first kappa shape index (κ1) is 16.6. The van der Waals surface area contributed by atoms with Crippen LogP contribution >= 0.6 is 0 Å². The Labute approximate surface area is 141 Å². The first-order valence-electron chi connectivity index (χ1n) is 8.20. The summed E-state index contributed by atoms with van der Waals surface area (Å²) in [5, 5.41) is 9.13. The Morgan fingerprint density at radius 3 is 2.42 bits per heavy atom. The van der Waals surface area contributed by atoms with Crippen LogP contribution in [-0.2, 0) is 16.0 Å². The van der Waals surface area contributed by atoms with E-state index in [9.17, 15) is 9.59 Å². The summed E-state index contributed by atoms with van der Waals surface area (Å²) in [5.41, 5.74) is 0.833. The number of amides is 1. The highest BCUT2D eigenvalue weighted by Crippen LogP contribution is 2.59.